The van der Waals surface area contributed by atoms with Crippen molar-refractivity contribution in [2.45, 2.75) is 32.5 Å². The Bertz CT molecular complexity index is 546. The number of rotatable bonds is 4. The summed E-state index contributed by atoms with van der Waals surface area (Å²) in [6.07, 6.45) is 0.0124. The van der Waals surface area contributed by atoms with E-state index in [0.717, 1.165) is 30.1 Å². The molecule has 0 bridgehead atoms. The minimum absolute atomic E-state index is 0.0124. The predicted octanol–water partition coefficient (Wildman–Crippen LogP) is 2.60. The number of carbonyl (C=O) groups is 1. The number of morpholine rings is 1. The van der Waals surface area contributed by atoms with Gasteiger partial charge in [-0.2, -0.15) is 0 Å². The first-order valence-corrected chi connectivity index (χ1v) is 7.67. The molecule has 1 aliphatic heterocycles. The molecule has 0 spiro atoms. The van der Waals surface area contributed by atoms with Gasteiger partial charge in [-0.3, -0.25) is 4.79 Å². The molecule has 118 valence electrons. The maximum absolute atomic E-state index is 12.1. The van der Waals surface area contributed by atoms with Crippen LogP contribution in [0.2, 0.25) is 6.32 Å². The van der Waals surface area contributed by atoms with Gasteiger partial charge in [0.1, 0.15) is 5.75 Å². The van der Waals surface area contributed by atoms with Crippen LogP contribution in [0.5, 0.6) is 5.75 Å². The Kier molecular flexibility index (Phi) is 5.17. The normalized spacial score (nSPS) is 15.7. The number of anilines is 1. The average Bonchev–Trinajstić information content (AvgIpc) is 2.52. The number of hydrogen-bond donors (Lipinski definition) is 0. The number of Topliss-reactive ketones (excluding diaryl/α,β-unsaturated/α-hetero) is 1. The zero-order valence-corrected chi connectivity index (χ0v) is 13.9. The SMILES string of the molecule is [B]CC(=O)c1cc(N2CCOCC2)c(OC)c(C(C)(C)C)c1. The van der Waals surface area contributed by atoms with E-state index in [4.69, 9.17) is 17.3 Å². The lowest BCUT2D eigenvalue weighted by Crippen LogP contribution is -2.37. The molecule has 1 aromatic rings. The number of nitrogens with zero attached hydrogens (tertiary/aromatic N) is 1. The van der Waals surface area contributed by atoms with Gasteiger partial charge in [0.2, 0.25) is 0 Å². The number of methoxy groups -OCH3 is 1. The quantitative estimate of drug-likeness (QED) is 0.633. The largest absolute Gasteiger partial charge is 0.494 e. The number of ketones is 1. The van der Waals surface area contributed by atoms with E-state index in [-0.39, 0.29) is 17.5 Å². The van der Waals surface area contributed by atoms with Crippen molar-refractivity contribution in [1.29, 1.82) is 0 Å². The second-order valence-corrected chi connectivity index (χ2v) is 6.55. The molecule has 0 amide bonds. The Hall–Kier alpha value is -1.49. The van der Waals surface area contributed by atoms with Crippen molar-refractivity contribution >= 4 is 19.3 Å². The summed E-state index contributed by atoms with van der Waals surface area (Å²) >= 11 is 0. The first-order chi connectivity index (χ1) is 10.4. The number of ether oxygens (including phenoxy) is 2. The highest BCUT2D eigenvalue weighted by atomic mass is 16.5. The summed E-state index contributed by atoms with van der Waals surface area (Å²) in [4.78, 5) is 14.3. The van der Waals surface area contributed by atoms with E-state index in [0.29, 0.717) is 18.8 Å². The van der Waals surface area contributed by atoms with Crippen molar-refractivity contribution < 1.29 is 14.3 Å². The molecule has 5 heteroatoms. The molecule has 1 aromatic carbocycles. The lowest BCUT2D eigenvalue weighted by atomic mass is 9.83. The molecule has 0 unspecified atom stereocenters. The van der Waals surface area contributed by atoms with Crippen molar-refractivity contribution in [3.63, 3.8) is 0 Å². The van der Waals surface area contributed by atoms with Gasteiger partial charge in [0.25, 0.3) is 0 Å². The Morgan fingerprint density at radius 1 is 1.32 bits per heavy atom. The van der Waals surface area contributed by atoms with Gasteiger partial charge < -0.3 is 14.4 Å². The smallest absolute Gasteiger partial charge is 0.154 e. The van der Waals surface area contributed by atoms with Gasteiger partial charge >= 0.3 is 0 Å². The highest BCUT2D eigenvalue weighted by Gasteiger charge is 2.26. The molecular formula is C17H24BNO3. The topological polar surface area (TPSA) is 38.8 Å². The summed E-state index contributed by atoms with van der Waals surface area (Å²) < 4.78 is 11.1. The summed E-state index contributed by atoms with van der Waals surface area (Å²) in [5, 5.41) is 0. The van der Waals surface area contributed by atoms with Crippen LogP contribution in [0.3, 0.4) is 0 Å². The van der Waals surface area contributed by atoms with E-state index in [1.54, 1.807) is 7.11 Å². The third-order valence-corrected chi connectivity index (χ3v) is 3.94. The van der Waals surface area contributed by atoms with Crippen LogP contribution < -0.4 is 9.64 Å². The number of hydrogen-bond acceptors (Lipinski definition) is 4. The fourth-order valence-corrected chi connectivity index (χ4v) is 2.70. The molecule has 4 nitrogen and oxygen atoms in total. The lowest BCUT2D eigenvalue weighted by Gasteiger charge is -2.33. The maximum Gasteiger partial charge on any atom is 0.154 e. The summed E-state index contributed by atoms with van der Waals surface area (Å²) in [6.45, 7) is 9.30. The predicted molar refractivity (Wildman–Crippen MR) is 89.6 cm³/mol. The fourth-order valence-electron chi connectivity index (χ4n) is 2.70. The van der Waals surface area contributed by atoms with Crippen molar-refractivity contribution in [1.82, 2.24) is 0 Å². The minimum Gasteiger partial charge on any atom is -0.494 e. The highest BCUT2D eigenvalue weighted by Crippen LogP contribution is 2.40. The van der Waals surface area contributed by atoms with E-state index >= 15 is 0 Å². The molecule has 1 saturated heterocycles. The molecule has 1 aliphatic rings. The molecular weight excluding hydrogens is 277 g/mol. The fraction of sp³-hybridized carbons (Fsp3) is 0.588. The van der Waals surface area contributed by atoms with Gasteiger partial charge in [-0.1, -0.05) is 20.8 Å². The standard InChI is InChI=1S/C17H24BNO3/c1-17(2,3)13-9-12(15(20)11-18)10-14(16(13)21-4)19-5-7-22-8-6-19/h9-10H,5-8,11H2,1-4H3. The Balaban J connectivity index is 2.60. The molecule has 0 aliphatic carbocycles. The van der Waals surface area contributed by atoms with Gasteiger partial charge in [-0.05, 0) is 23.9 Å². The van der Waals surface area contributed by atoms with Crippen LogP contribution in [0.1, 0.15) is 36.7 Å². The van der Waals surface area contributed by atoms with Crippen molar-refractivity contribution in [3.8, 4) is 5.75 Å². The first-order valence-electron chi connectivity index (χ1n) is 7.67. The second-order valence-electron chi connectivity index (χ2n) is 6.55. The van der Waals surface area contributed by atoms with Gasteiger partial charge in [-0.15, -0.1) is 0 Å². The summed E-state index contributed by atoms with van der Waals surface area (Å²) in [7, 11) is 7.23. The monoisotopic (exact) mass is 301 g/mol. The average molecular weight is 301 g/mol. The van der Waals surface area contributed by atoms with Crippen LogP contribution in [-0.2, 0) is 10.2 Å². The van der Waals surface area contributed by atoms with E-state index < -0.39 is 0 Å². The van der Waals surface area contributed by atoms with E-state index in [1.165, 1.54) is 0 Å². The van der Waals surface area contributed by atoms with Crippen LogP contribution in [0.25, 0.3) is 0 Å². The van der Waals surface area contributed by atoms with Gasteiger partial charge in [0, 0.05) is 24.2 Å². The first kappa shape index (κ1) is 16.9. The molecule has 0 aromatic heterocycles. The molecule has 2 radical (unpaired) electrons. The van der Waals surface area contributed by atoms with E-state index in [1.807, 2.05) is 12.1 Å². The van der Waals surface area contributed by atoms with Crippen molar-refractivity contribution in [2.24, 2.45) is 0 Å². The van der Waals surface area contributed by atoms with Crippen LogP contribution in [-0.4, -0.2) is 47.0 Å². The molecule has 1 fully saturated rings. The molecule has 22 heavy (non-hydrogen) atoms. The third kappa shape index (κ3) is 3.46. The van der Waals surface area contributed by atoms with Gasteiger partial charge in [-0.25, -0.2) is 0 Å². The molecule has 0 atom stereocenters. The van der Waals surface area contributed by atoms with E-state index in [2.05, 4.69) is 25.7 Å². The van der Waals surface area contributed by atoms with Gasteiger partial charge in [0.05, 0.1) is 33.9 Å². The summed E-state index contributed by atoms with van der Waals surface area (Å²) in [5.41, 5.74) is 2.50. The van der Waals surface area contributed by atoms with Crippen molar-refractivity contribution in [2.75, 3.05) is 38.3 Å². The molecule has 0 saturated carbocycles. The maximum atomic E-state index is 12.1. The molecule has 1 heterocycles. The Morgan fingerprint density at radius 3 is 2.45 bits per heavy atom. The summed E-state index contributed by atoms with van der Waals surface area (Å²) in [6, 6.07) is 3.81. The Labute approximate surface area is 134 Å². The van der Waals surface area contributed by atoms with Crippen LogP contribution >= 0.6 is 0 Å². The van der Waals surface area contributed by atoms with Crippen LogP contribution in [0.15, 0.2) is 12.1 Å². The van der Waals surface area contributed by atoms with E-state index in [9.17, 15) is 4.79 Å². The molecule has 2 rings (SSSR count). The second kappa shape index (κ2) is 6.74. The van der Waals surface area contributed by atoms with Gasteiger partial charge in [0.15, 0.2) is 5.78 Å². The van der Waals surface area contributed by atoms with Crippen molar-refractivity contribution in [3.05, 3.63) is 23.3 Å². The van der Waals surface area contributed by atoms with Crippen LogP contribution in [0.4, 0.5) is 5.69 Å². The highest BCUT2D eigenvalue weighted by molar-refractivity contribution is 6.24. The Morgan fingerprint density at radius 2 is 1.95 bits per heavy atom. The summed E-state index contributed by atoms with van der Waals surface area (Å²) in [5.74, 6) is 0.783. The number of benzene rings is 1. The lowest BCUT2D eigenvalue weighted by molar-refractivity contribution is 0.101. The molecule has 0 N–H and O–H groups in total. The number of carbonyl (C=O) groups excluding carboxylic acids is 1. The minimum atomic E-state index is -0.128. The zero-order chi connectivity index (χ0) is 16.3. The van der Waals surface area contributed by atoms with Crippen LogP contribution in [0, 0.1) is 0 Å². The zero-order valence-electron chi connectivity index (χ0n) is 13.9. The third-order valence-electron chi connectivity index (χ3n) is 3.94.